The Hall–Kier alpha value is -0.830. The van der Waals surface area contributed by atoms with Crippen molar-refractivity contribution in [2.45, 2.75) is 18.9 Å². The molecule has 0 saturated carbocycles. The largest absolute Gasteiger partial charge is 0.380 e. The third kappa shape index (κ3) is 1.85. The van der Waals surface area contributed by atoms with E-state index in [-0.39, 0.29) is 0 Å². The molecular weight excluding hydrogens is 152 g/mol. The molecule has 1 atom stereocenters. The molecule has 1 rings (SSSR count). The SMILES string of the molecule is C=CN1CC(OC)CCC1=NC. The monoisotopic (exact) mass is 168 g/mol. The number of hydrogen-bond acceptors (Lipinski definition) is 2. The van der Waals surface area contributed by atoms with Gasteiger partial charge in [-0.05, 0) is 12.6 Å². The van der Waals surface area contributed by atoms with Gasteiger partial charge in [0.1, 0.15) is 5.84 Å². The summed E-state index contributed by atoms with van der Waals surface area (Å²) in [6.45, 7) is 4.62. The van der Waals surface area contributed by atoms with Gasteiger partial charge in [0.15, 0.2) is 0 Å². The third-order valence-corrected chi connectivity index (χ3v) is 2.23. The minimum absolute atomic E-state index is 0.327. The number of hydrogen-bond donors (Lipinski definition) is 0. The van der Waals surface area contributed by atoms with Crippen molar-refractivity contribution in [1.29, 1.82) is 0 Å². The van der Waals surface area contributed by atoms with Crippen molar-refractivity contribution in [2.24, 2.45) is 4.99 Å². The summed E-state index contributed by atoms with van der Waals surface area (Å²) in [6, 6.07) is 0. The average molecular weight is 168 g/mol. The third-order valence-electron chi connectivity index (χ3n) is 2.23. The molecule has 1 aliphatic rings. The summed E-state index contributed by atoms with van der Waals surface area (Å²) in [5.41, 5.74) is 0. The quantitative estimate of drug-likeness (QED) is 0.620. The van der Waals surface area contributed by atoms with Crippen molar-refractivity contribution in [3.63, 3.8) is 0 Å². The van der Waals surface area contributed by atoms with E-state index in [9.17, 15) is 0 Å². The van der Waals surface area contributed by atoms with Crippen molar-refractivity contribution >= 4 is 5.84 Å². The van der Waals surface area contributed by atoms with Gasteiger partial charge in [-0.3, -0.25) is 4.99 Å². The van der Waals surface area contributed by atoms with Gasteiger partial charge in [-0.25, -0.2) is 0 Å². The normalized spacial score (nSPS) is 27.7. The van der Waals surface area contributed by atoms with E-state index in [0.717, 1.165) is 25.2 Å². The van der Waals surface area contributed by atoms with Crippen LogP contribution in [0.25, 0.3) is 0 Å². The Morgan fingerprint density at radius 3 is 3.00 bits per heavy atom. The maximum atomic E-state index is 5.27. The molecule has 68 valence electrons. The highest BCUT2D eigenvalue weighted by Crippen LogP contribution is 2.14. The second-order valence-corrected chi connectivity index (χ2v) is 2.87. The highest BCUT2D eigenvalue weighted by Gasteiger charge is 2.21. The summed E-state index contributed by atoms with van der Waals surface area (Å²) in [5, 5.41) is 0. The summed E-state index contributed by atoms with van der Waals surface area (Å²) < 4.78 is 5.27. The molecular formula is C9H16N2O. The van der Waals surface area contributed by atoms with E-state index in [1.54, 1.807) is 7.11 Å². The summed E-state index contributed by atoms with van der Waals surface area (Å²) in [7, 11) is 3.57. The van der Waals surface area contributed by atoms with E-state index in [2.05, 4.69) is 16.5 Å². The molecule has 0 aromatic rings. The summed E-state index contributed by atoms with van der Waals surface area (Å²) in [4.78, 5) is 6.24. The molecule has 0 radical (unpaired) electrons. The Balaban J connectivity index is 2.59. The smallest absolute Gasteiger partial charge is 0.103 e. The fourth-order valence-electron chi connectivity index (χ4n) is 1.46. The fraction of sp³-hybridized carbons (Fsp3) is 0.667. The Kier molecular flexibility index (Phi) is 3.29. The highest BCUT2D eigenvalue weighted by molar-refractivity contribution is 5.83. The predicted octanol–water partition coefficient (Wildman–Crippen LogP) is 1.27. The van der Waals surface area contributed by atoms with Gasteiger partial charge in [0.25, 0.3) is 0 Å². The number of piperidine rings is 1. The van der Waals surface area contributed by atoms with Crippen LogP contribution in [0.5, 0.6) is 0 Å². The lowest BCUT2D eigenvalue weighted by Gasteiger charge is -2.31. The van der Waals surface area contributed by atoms with E-state index >= 15 is 0 Å². The lowest BCUT2D eigenvalue weighted by atomic mass is 10.1. The van der Waals surface area contributed by atoms with Gasteiger partial charge >= 0.3 is 0 Å². The first kappa shape index (κ1) is 9.26. The van der Waals surface area contributed by atoms with Crippen LogP contribution >= 0.6 is 0 Å². The van der Waals surface area contributed by atoms with E-state index in [1.165, 1.54) is 0 Å². The zero-order valence-corrected chi connectivity index (χ0v) is 7.79. The van der Waals surface area contributed by atoms with Crippen LogP contribution in [0.1, 0.15) is 12.8 Å². The van der Waals surface area contributed by atoms with E-state index in [1.807, 2.05) is 13.2 Å². The molecule has 1 aliphatic heterocycles. The Labute approximate surface area is 73.7 Å². The number of nitrogens with zero attached hydrogens (tertiary/aromatic N) is 2. The minimum atomic E-state index is 0.327. The van der Waals surface area contributed by atoms with Crippen LogP contribution in [-0.4, -0.2) is 37.5 Å². The molecule has 12 heavy (non-hydrogen) atoms. The van der Waals surface area contributed by atoms with Gasteiger partial charge in [-0.1, -0.05) is 6.58 Å². The van der Waals surface area contributed by atoms with Crippen LogP contribution in [0.15, 0.2) is 17.8 Å². The molecule has 3 nitrogen and oxygen atoms in total. The van der Waals surface area contributed by atoms with Crippen LogP contribution in [0.4, 0.5) is 0 Å². The van der Waals surface area contributed by atoms with Crippen molar-refractivity contribution < 1.29 is 4.74 Å². The Bertz CT molecular complexity index is 189. The molecule has 1 unspecified atom stereocenters. The number of methoxy groups -OCH3 is 1. The second-order valence-electron chi connectivity index (χ2n) is 2.87. The van der Waals surface area contributed by atoms with Gasteiger partial charge in [0.05, 0.1) is 6.10 Å². The van der Waals surface area contributed by atoms with Crippen LogP contribution in [0.3, 0.4) is 0 Å². The van der Waals surface area contributed by atoms with E-state index in [0.29, 0.717) is 6.10 Å². The molecule has 3 heteroatoms. The van der Waals surface area contributed by atoms with E-state index in [4.69, 9.17) is 4.74 Å². The van der Waals surface area contributed by atoms with Crippen molar-refractivity contribution in [2.75, 3.05) is 20.7 Å². The lowest BCUT2D eigenvalue weighted by molar-refractivity contribution is 0.0749. The van der Waals surface area contributed by atoms with Crippen LogP contribution in [0.2, 0.25) is 0 Å². The van der Waals surface area contributed by atoms with Crippen molar-refractivity contribution in [1.82, 2.24) is 4.90 Å². The zero-order valence-electron chi connectivity index (χ0n) is 7.79. The van der Waals surface area contributed by atoms with Gasteiger partial charge in [-0.15, -0.1) is 0 Å². The van der Waals surface area contributed by atoms with Gasteiger partial charge in [-0.2, -0.15) is 0 Å². The maximum absolute atomic E-state index is 5.27. The molecule has 0 aliphatic carbocycles. The molecule has 1 saturated heterocycles. The number of amidine groups is 1. The first-order chi connectivity index (χ1) is 5.81. The van der Waals surface area contributed by atoms with Crippen LogP contribution in [0, 0.1) is 0 Å². The fourth-order valence-corrected chi connectivity index (χ4v) is 1.46. The summed E-state index contributed by atoms with van der Waals surface area (Å²) >= 11 is 0. The number of likely N-dealkylation sites (tertiary alicyclic amines) is 1. The second kappa shape index (κ2) is 4.26. The van der Waals surface area contributed by atoms with Crippen molar-refractivity contribution in [3.05, 3.63) is 12.8 Å². The molecule has 0 aromatic carbocycles. The van der Waals surface area contributed by atoms with Gasteiger partial charge in [0.2, 0.25) is 0 Å². The number of aliphatic imine (C=N–C) groups is 1. The minimum Gasteiger partial charge on any atom is -0.380 e. The van der Waals surface area contributed by atoms with E-state index < -0.39 is 0 Å². The first-order valence-electron chi connectivity index (χ1n) is 4.19. The predicted molar refractivity (Wildman–Crippen MR) is 50.3 cm³/mol. The molecule has 0 aromatic heterocycles. The molecule has 1 heterocycles. The molecule has 0 spiro atoms. The Morgan fingerprint density at radius 1 is 1.75 bits per heavy atom. The average Bonchev–Trinajstić information content (AvgIpc) is 2.16. The van der Waals surface area contributed by atoms with Gasteiger partial charge in [0, 0.05) is 27.1 Å². The molecule has 0 bridgehead atoms. The van der Waals surface area contributed by atoms with Gasteiger partial charge < -0.3 is 9.64 Å². The lowest BCUT2D eigenvalue weighted by Crippen LogP contribution is -2.39. The summed E-state index contributed by atoms with van der Waals surface area (Å²) in [6.07, 6.45) is 4.19. The standard InChI is InChI=1S/C9H16N2O/c1-4-11-7-8(12-3)5-6-9(11)10-2/h4,8H,1,5-7H2,2-3H3. The number of ether oxygens (including phenoxy) is 1. The molecule has 0 amide bonds. The first-order valence-corrected chi connectivity index (χ1v) is 4.19. The Morgan fingerprint density at radius 2 is 2.50 bits per heavy atom. The maximum Gasteiger partial charge on any atom is 0.103 e. The summed E-state index contributed by atoms with van der Waals surface area (Å²) in [5.74, 6) is 1.11. The molecule has 1 fully saturated rings. The van der Waals surface area contributed by atoms with Crippen LogP contribution < -0.4 is 0 Å². The van der Waals surface area contributed by atoms with Crippen molar-refractivity contribution in [3.8, 4) is 0 Å². The highest BCUT2D eigenvalue weighted by atomic mass is 16.5. The zero-order chi connectivity index (χ0) is 8.97. The topological polar surface area (TPSA) is 24.8 Å². The number of rotatable bonds is 2. The van der Waals surface area contributed by atoms with Crippen LogP contribution in [-0.2, 0) is 4.74 Å². The molecule has 0 N–H and O–H groups in total.